The first-order valence-electron chi connectivity index (χ1n) is 6.72. The fraction of sp³-hybridized carbons (Fsp3) is 0.400. The van der Waals surface area contributed by atoms with Crippen LogP contribution in [-0.2, 0) is 6.54 Å². The molecule has 1 atom stereocenters. The fourth-order valence-electron chi connectivity index (χ4n) is 2.60. The van der Waals surface area contributed by atoms with E-state index in [9.17, 15) is 0 Å². The molecule has 98 valence electrons. The van der Waals surface area contributed by atoms with Crippen molar-refractivity contribution in [3.8, 4) is 0 Å². The Hall–Kier alpha value is -1.81. The first kappa shape index (κ1) is 12.2. The molecule has 3 heterocycles. The zero-order chi connectivity index (χ0) is 13.1. The maximum Gasteiger partial charge on any atom is 0.132 e. The highest BCUT2D eigenvalue weighted by Crippen LogP contribution is 2.25. The molecule has 1 saturated heterocycles. The summed E-state index contributed by atoms with van der Waals surface area (Å²) in [7, 11) is 0. The molecule has 1 aliphatic rings. The Morgan fingerprint density at radius 3 is 3.05 bits per heavy atom. The zero-order valence-corrected chi connectivity index (χ0v) is 11.2. The molecular weight excluding hydrogens is 236 g/mol. The summed E-state index contributed by atoms with van der Waals surface area (Å²) < 4.78 is 0. The Balaban J connectivity index is 1.64. The lowest BCUT2D eigenvalue weighted by Gasteiger charge is -2.15. The molecule has 0 aromatic carbocycles. The molecule has 2 aromatic heterocycles. The normalized spacial score (nSPS) is 19.7. The van der Waals surface area contributed by atoms with Crippen molar-refractivity contribution in [2.75, 3.05) is 13.1 Å². The van der Waals surface area contributed by atoms with E-state index in [1.54, 1.807) is 0 Å². The van der Waals surface area contributed by atoms with Crippen LogP contribution in [0.1, 0.15) is 29.4 Å². The molecule has 1 fully saturated rings. The second kappa shape index (κ2) is 5.45. The van der Waals surface area contributed by atoms with E-state index in [0.717, 1.165) is 37.6 Å². The molecule has 3 rings (SSSR count). The highest BCUT2D eigenvalue weighted by atomic mass is 15.2. The monoisotopic (exact) mass is 254 g/mol. The lowest BCUT2D eigenvalue weighted by Crippen LogP contribution is -2.20. The molecule has 2 aromatic rings. The van der Waals surface area contributed by atoms with E-state index in [0.29, 0.717) is 5.92 Å². The van der Waals surface area contributed by atoms with Crippen LogP contribution in [0.3, 0.4) is 0 Å². The molecular formula is C15H18N4. The quantitative estimate of drug-likeness (QED) is 0.842. The maximum absolute atomic E-state index is 4.55. The smallest absolute Gasteiger partial charge is 0.132 e. The van der Waals surface area contributed by atoms with Crippen molar-refractivity contribution in [3.05, 3.63) is 53.9 Å². The molecule has 0 unspecified atom stereocenters. The Morgan fingerprint density at radius 1 is 1.32 bits per heavy atom. The second-order valence-electron chi connectivity index (χ2n) is 5.14. The van der Waals surface area contributed by atoms with Crippen LogP contribution in [0, 0.1) is 6.92 Å². The highest BCUT2D eigenvalue weighted by molar-refractivity contribution is 5.10. The average Bonchev–Trinajstić information content (AvgIpc) is 2.88. The van der Waals surface area contributed by atoms with Gasteiger partial charge in [-0.2, -0.15) is 0 Å². The van der Waals surface area contributed by atoms with E-state index in [1.165, 1.54) is 5.56 Å². The van der Waals surface area contributed by atoms with Crippen LogP contribution >= 0.6 is 0 Å². The summed E-state index contributed by atoms with van der Waals surface area (Å²) in [6.07, 6.45) is 6.76. The van der Waals surface area contributed by atoms with E-state index >= 15 is 0 Å². The van der Waals surface area contributed by atoms with Crippen molar-refractivity contribution in [3.63, 3.8) is 0 Å². The number of aromatic nitrogens is 3. The number of aryl methyl sites for hydroxylation is 1. The Bertz CT molecular complexity index is 541. The summed E-state index contributed by atoms with van der Waals surface area (Å²) in [6, 6.07) is 6.07. The standard InChI is InChI=1S/C15H18N4/c1-12-4-7-17-15(18-12)14-5-8-19(11-14)10-13-3-2-6-16-9-13/h2-4,6-7,9,14H,5,8,10-11H2,1H3/t14-/m1/s1. The van der Waals surface area contributed by atoms with Crippen LogP contribution in [-0.4, -0.2) is 32.9 Å². The van der Waals surface area contributed by atoms with Crippen molar-refractivity contribution in [2.24, 2.45) is 0 Å². The van der Waals surface area contributed by atoms with Gasteiger partial charge in [-0.05, 0) is 37.6 Å². The van der Waals surface area contributed by atoms with Gasteiger partial charge in [0.25, 0.3) is 0 Å². The number of likely N-dealkylation sites (tertiary alicyclic amines) is 1. The third kappa shape index (κ3) is 2.96. The maximum atomic E-state index is 4.55. The lowest BCUT2D eigenvalue weighted by molar-refractivity contribution is 0.325. The Morgan fingerprint density at radius 2 is 2.26 bits per heavy atom. The third-order valence-corrected chi connectivity index (χ3v) is 3.58. The molecule has 0 amide bonds. The molecule has 0 N–H and O–H groups in total. The molecule has 0 saturated carbocycles. The van der Waals surface area contributed by atoms with E-state index in [4.69, 9.17) is 0 Å². The van der Waals surface area contributed by atoms with Gasteiger partial charge in [-0.25, -0.2) is 9.97 Å². The van der Waals surface area contributed by atoms with Crippen LogP contribution in [0.15, 0.2) is 36.8 Å². The summed E-state index contributed by atoms with van der Waals surface area (Å²) in [4.78, 5) is 15.6. The van der Waals surface area contributed by atoms with Gasteiger partial charge in [-0.3, -0.25) is 9.88 Å². The number of hydrogen-bond donors (Lipinski definition) is 0. The molecule has 0 radical (unpaired) electrons. The van der Waals surface area contributed by atoms with Crippen LogP contribution in [0.2, 0.25) is 0 Å². The summed E-state index contributed by atoms with van der Waals surface area (Å²) in [5.41, 5.74) is 2.32. The van der Waals surface area contributed by atoms with Crippen molar-refractivity contribution in [1.82, 2.24) is 19.9 Å². The van der Waals surface area contributed by atoms with E-state index < -0.39 is 0 Å². The predicted octanol–water partition coefficient (Wildman–Crippen LogP) is 2.17. The minimum atomic E-state index is 0.469. The number of nitrogens with zero attached hydrogens (tertiary/aromatic N) is 4. The van der Waals surface area contributed by atoms with Crippen LogP contribution < -0.4 is 0 Å². The zero-order valence-electron chi connectivity index (χ0n) is 11.2. The van der Waals surface area contributed by atoms with E-state index in [-0.39, 0.29) is 0 Å². The van der Waals surface area contributed by atoms with E-state index in [2.05, 4.69) is 25.9 Å². The van der Waals surface area contributed by atoms with Crippen molar-refractivity contribution in [2.45, 2.75) is 25.8 Å². The van der Waals surface area contributed by atoms with Crippen molar-refractivity contribution < 1.29 is 0 Å². The molecule has 4 heteroatoms. The van der Waals surface area contributed by atoms with Crippen LogP contribution in [0.25, 0.3) is 0 Å². The summed E-state index contributed by atoms with van der Waals surface area (Å²) in [6.45, 7) is 5.14. The van der Waals surface area contributed by atoms with Gasteiger partial charge in [0.15, 0.2) is 0 Å². The lowest BCUT2D eigenvalue weighted by atomic mass is 10.1. The SMILES string of the molecule is Cc1ccnc([C@@H]2CCN(Cc3cccnc3)C2)n1. The molecule has 1 aliphatic heterocycles. The fourth-order valence-corrected chi connectivity index (χ4v) is 2.60. The van der Waals surface area contributed by atoms with Crippen molar-refractivity contribution in [1.29, 1.82) is 0 Å². The molecule has 0 bridgehead atoms. The highest BCUT2D eigenvalue weighted by Gasteiger charge is 2.25. The second-order valence-corrected chi connectivity index (χ2v) is 5.14. The topological polar surface area (TPSA) is 41.9 Å². The molecule has 0 spiro atoms. The van der Waals surface area contributed by atoms with Gasteiger partial charge in [0.05, 0.1) is 0 Å². The predicted molar refractivity (Wildman–Crippen MR) is 73.6 cm³/mol. The van der Waals surface area contributed by atoms with Crippen molar-refractivity contribution >= 4 is 0 Å². The largest absolute Gasteiger partial charge is 0.298 e. The van der Waals surface area contributed by atoms with Gasteiger partial charge < -0.3 is 0 Å². The molecule has 19 heavy (non-hydrogen) atoms. The van der Waals surface area contributed by atoms with E-state index in [1.807, 2.05) is 37.6 Å². The van der Waals surface area contributed by atoms with Gasteiger partial charge in [0.1, 0.15) is 5.82 Å². The first-order chi connectivity index (χ1) is 9.31. The van der Waals surface area contributed by atoms with Gasteiger partial charge in [0.2, 0.25) is 0 Å². The molecule has 4 nitrogen and oxygen atoms in total. The summed E-state index contributed by atoms with van der Waals surface area (Å²) >= 11 is 0. The van der Waals surface area contributed by atoms with Crippen LogP contribution in [0.4, 0.5) is 0 Å². The first-order valence-corrected chi connectivity index (χ1v) is 6.72. The van der Waals surface area contributed by atoms with Gasteiger partial charge in [-0.15, -0.1) is 0 Å². The Labute approximate surface area is 113 Å². The third-order valence-electron chi connectivity index (χ3n) is 3.58. The Kier molecular flexibility index (Phi) is 3.51. The summed E-state index contributed by atoms with van der Waals surface area (Å²) in [5.74, 6) is 1.46. The number of hydrogen-bond acceptors (Lipinski definition) is 4. The number of rotatable bonds is 3. The minimum absolute atomic E-state index is 0.469. The summed E-state index contributed by atoms with van der Waals surface area (Å²) in [5, 5.41) is 0. The van der Waals surface area contributed by atoms with Crippen LogP contribution in [0.5, 0.6) is 0 Å². The molecule has 0 aliphatic carbocycles. The average molecular weight is 254 g/mol. The van der Waals surface area contributed by atoms with Gasteiger partial charge >= 0.3 is 0 Å². The van der Waals surface area contributed by atoms with Gasteiger partial charge in [0, 0.05) is 43.3 Å². The van der Waals surface area contributed by atoms with Gasteiger partial charge in [-0.1, -0.05) is 6.07 Å². The minimum Gasteiger partial charge on any atom is -0.298 e. The number of pyridine rings is 1.